The van der Waals surface area contributed by atoms with Crippen LogP contribution in [0.1, 0.15) is 5.69 Å². The first-order chi connectivity index (χ1) is 7.08. The Hall–Kier alpha value is -0.820. The second-order valence-corrected chi connectivity index (χ2v) is 3.85. The van der Waals surface area contributed by atoms with Crippen molar-refractivity contribution < 1.29 is 13.2 Å². The molecule has 0 bridgehead atoms. The van der Waals surface area contributed by atoms with E-state index in [0.29, 0.717) is 13.1 Å². The van der Waals surface area contributed by atoms with E-state index in [1.54, 1.807) is 18.3 Å². The van der Waals surface area contributed by atoms with Gasteiger partial charge in [-0.25, -0.2) is 0 Å². The molecule has 3 nitrogen and oxygen atoms in total. The van der Waals surface area contributed by atoms with Crippen LogP contribution in [0.5, 0.6) is 0 Å². The number of hydrogen-bond donors (Lipinski definition) is 1. The van der Waals surface area contributed by atoms with Gasteiger partial charge < -0.3 is 5.32 Å². The van der Waals surface area contributed by atoms with Gasteiger partial charge in [0, 0.05) is 25.0 Å². The highest BCUT2D eigenvalue weighted by Crippen LogP contribution is 2.29. The molecule has 7 heteroatoms. The highest BCUT2D eigenvalue weighted by Gasteiger charge is 2.27. The summed E-state index contributed by atoms with van der Waals surface area (Å²) in [6.07, 6.45) is 1.54. The van der Waals surface area contributed by atoms with Gasteiger partial charge in [-0.1, -0.05) is 0 Å². The molecule has 1 aromatic rings. The Morgan fingerprint density at radius 2 is 2.20 bits per heavy atom. The number of halogens is 3. The SMILES string of the molecule is FC(F)(F)SCCNCc1cccnn1. The minimum Gasteiger partial charge on any atom is -0.310 e. The lowest BCUT2D eigenvalue weighted by Crippen LogP contribution is -2.19. The molecule has 0 amide bonds. The zero-order valence-corrected chi connectivity index (χ0v) is 8.61. The van der Waals surface area contributed by atoms with Crippen molar-refractivity contribution in [3.05, 3.63) is 24.0 Å². The van der Waals surface area contributed by atoms with Gasteiger partial charge in [0.15, 0.2) is 0 Å². The highest BCUT2D eigenvalue weighted by atomic mass is 32.2. The van der Waals surface area contributed by atoms with Gasteiger partial charge in [-0.05, 0) is 23.9 Å². The van der Waals surface area contributed by atoms with Crippen LogP contribution in [-0.4, -0.2) is 28.0 Å². The van der Waals surface area contributed by atoms with Crippen molar-refractivity contribution in [2.45, 2.75) is 12.1 Å². The van der Waals surface area contributed by atoms with E-state index in [1.807, 2.05) is 0 Å². The van der Waals surface area contributed by atoms with E-state index >= 15 is 0 Å². The molecule has 0 unspecified atom stereocenters. The molecule has 1 heterocycles. The second kappa shape index (κ2) is 5.92. The lowest BCUT2D eigenvalue weighted by Gasteiger charge is -2.06. The maximum absolute atomic E-state index is 11.7. The van der Waals surface area contributed by atoms with E-state index in [4.69, 9.17) is 0 Å². The van der Waals surface area contributed by atoms with Crippen LogP contribution in [0, 0.1) is 0 Å². The van der Waals surface area contributed by atoms with Gasteiger partial charge in [-0.2, -0.15) is 23.4 Å². The molecule has 1 N–H and O–H groups in total. The summed E-state index contributed by atoms with van der Waals surface area (Å²) in [4.78, 5) is 0. The summed E-state index contributed by atoms with van der Waals surface area (Å²) < 4.78 is 35.2. The Bertz CT molecular complexity index is 278. The van der Waals surface area contributed by atoms with Crippen LogP contribution < -0.4 is 5.32 Å². The summed E-state index contributed by atoms with van der Waals surface area (Å²) in [7, 11) is 0. The number of rotatable bonds is 5. The molecule has 1 aromatic heterocycles. The molecule has 0 aliphatic rings. The van der Waals surface area contributed by atoms with Crippen LogP contribution in [0.3, 0.4) is 0 Å². The van der Waals surface area contributed by atoms with Gasteiger partial charge in [0.25, 0.3) is 0 Å². The molecule has 0 atom stereocenters. The molecule has 15 heavy (non-hydrogen) atoms. The van der Waals surface area contributed by atoms with E-state index in [0.717, 1.165) is 5.69 Å². The molecule has 0 aromatic carbocycles. The first-order valence-corrected chi connectivity index (χ1v) is 5.24. The summed E-state index contributed by atoms with van der Waals surface area (Å²) in [6.45, 7) is 0.729. The van der Waals surface area contributed by atoms with Crippen LogP contribution in [0.15, 0.2) is 18.3 Å². The number of thioether (sulfide) groups is 1. The fraction of sp³-hybridized carbons (Fsp3) is 0.500. The highest BCUT2D eigenvalue weighted by molar-refractivity contribution is 8.00. The number of nitrogens with one attached hydrogen (secondary N) is 1. The van der Waals surface area contributed by atoms with Crippen molar-refractivity contribution >= 4 is 11.8 Å². The van der Waals surface area contributed by atoms with Crippen LogP contribution in [0.25, 0.3) is 0 Å². The van der Waals surface area contributed by atoms with E-state index in [1.165, 1.54) is 0 Å². The molecular formula is C8H10F3N3S. The van der Waals surface area contributed by atoms with Crippen molar-refractivity contribution in [3.63, 3.8) is 0 Å². The number of hydrogen-bond acceptors (Lipinski definition) is 4. The molecule has 0 saturated heterocycles. The van der Waals surface area contributed by atoms with Crippen LogP contribution >= 0.6 is 11.8 Å². The second-order valence-electron chi connectivity index (χ2n) is 2.69. The Labute approximate surface area is 89.5 Å². The number of alkyl halides is 3. The van der Waals surface area contributed by atoms with Gasteiger partial charge in [0.05, 0.1) is 5.69 Å². The minimum atomic E-state index is -4.14. The minimum absolute atomic E-state index is 0.00373. The molecule has 84 valence electrons. The van der Waals surface area contributed by atoms with Crippen LogP contribution in [-0.2, 0) is 6.54 Å². The fourth-order valence-electron chi connectivity index (χ4n) is 0.883. The first-order valence-electron chi connectivity index (χ1n) is 4.26. The Morgan fingerprint density at radius 1 is 1.40 bits per heavy atom. The quantitative estimate of drug-likeness (QED) is 0.793. The van der Waals surface area contributed by atoms with Crippen molar-refractivity contribution in [2.75, 3.05) is 12.3 Å². The third kappa shape index (κ3) is 6.29. The van der Waals surface area contributed by atoms with Crippen molar-refractivity contribution in [3.8, 4) is 0 Å². The molecule has 0 fully saturated rings. The van der Waals surface area contributed by atoms with Gasteiger partial charge in [-0.15, -0.1) is 0 Å². The normalized spacial score (nSPS) is 11.7. The Balaban J connectivity index is 2.08. The predicted octanol–water partition coefficient (Wildman–Crippen LogP) is 1.82. The average Bonchev–Trinajstić information content (AvgIpc) is 2.17. The standard InChI is InChI=1S/C8H10F3N3S/c9-8(10,11)15-5-4-12-6-7-2-1-3-13-14-7/h1-3,12H,4-6H2. The molecule has 0 radical (unpaired) electrons. The van der Waals surface area contributed by atoms with Crippen molar-refractivity contribution in [1.82, 2.24) is 15.5 Å². The topological polar surface area (TPSA) is 37.8 Å². The largest absolute Gasteiger partial charge is 0.441 e. The molecular weight excluding hydrogens is 227 g/mol. The van der Waals surface area contributed by atoms with E-state index in [-0.39, 0.29) is 17.5 Å². The number of nitrogens with zero attached hydrogens (tertiary/aromatic N) is 2. The first kappa shape index (κ1) is 12.3. The third-order valence-corrected chi connectivity index (χ3v) is 2.21. The van der Waals surface area contributed by atoms with Gasteiger partial charge in [0.2, 0.25) is 0 Å². The maximum atomic E-state index is 11.7. The molecule has 1 rings (SSSR count). The molecule has 0 spiro atoms. The van der Waals surface area contributed by atoms with Crippen LogP contribution in [0.4, 0.5) is 13.2 Å². The molecule has 0 aliphatic carbocycles. The maximum Gasteiger partial charge on any atom is 0.441 e. The van der Waals surface area contributed by atoms with E-state index in [9.17, 15) is 13.2 Å². The summed E-state index contributed by atoms with van der Waals surface area (Å²) >= 11 is -0.0298. The van der Waals surface area contributed by atoms with Crippen molar-refractivity contribution in [1.29, 1.82) is 0 Å². The monoisotopic (exact) mass is 237 g/mol. The summed E-state index contributed by atoms with van der Waals surface area (Å²) in [5.74, 6) is 0.00373. The van der Waals surface area contributed by atoms with E-state index < -0.39 is 5.51 Å². The summed E-state index contributed by atoms with van der Waals surface area (Å²) in [5.41, 5.74) is -3.43. The molecule has 0 aliphatic heterocycles. The third-order valence-electron chi connectivity index (χ3n) is 1.48. The summed E-state index contributed by atoms with van der Waals surface area (Å²) in [5, 5.41) is 10.3. The zero-order chi connectivity index (χ0) is 11.1. The van der Waals surface area contributed by atoms with Gasteiger partial charge in [-0.3, -0.25) is 0 Å². The number of aromatic nitrogens is 2. The van der Waals surface area contributed by atoms with Gasteiger partial charge >= 0.3 is 5.51 Å². The average molecular weight is 237 g/mol. The molecule has 0 saturated carbocycles. The fourth-order valence-corrected chi connectivity index (χ4v) is 1.36. The van der Waals surface area contributed by atoms with Crippen LogP contribution in [0.2, 0.25) is 0 Å². The smallest absolute Gasteiger partial charge is 0.310 e. The Kier molecular flexibility index (Phi) is 4.83. The summed E-state index contributed by atoms with van der Waals surface area (Å²) in [6, 6.07) is 3.49. The predicted molar refractivity (Wildman–Crippen MR) is 52.3 cm³/mol. The van der Waals surface area contributed by atoms with E-state index in [2.05, 4.69) is 15.5 Å². The van der Waals surface area contributed by atoms with Crippen molar-refractivity contribution in [2.24, 2.45) is 0 Å². The lowest BCUT2D eigenvalue weighted by molar-refractivity contribution is -0.0327. The lowest BCUT2D eigenvalue weighted by atomic mass is 10.4. The van der Waals surface area contributed by atoms with Gasteiger partial charge in [0.1, 0.15) is 0 Å². The zero-order valence-electron chi connectivity index (χ0n) is 7.79. The Morgan fingerprint density at radius 3 is 2.80 bits per heavy atom.